The van der Waals surface area contributed by atoms with Crippen LogP contribution in [-0.4, -0.2) is 52.9 Å². The van der Waals surface area contributed by atoms with E-state index in [9.17, 15) is 0 Å². The Morgan fingerprint density at radius 1 is 0.512 bits per heavy atom. The summed E-state index contributed by atoms with van der Waals surface area (Å²) >= 11 is 0. The molecule has 2 aromatic heterocycles. The molecule has 0 saturated heterocycles. The van der Waals surface area contributed by atoms with Crippen molar-refractivity contribution in [1.82, 2.24) is 0 Å². The Morgan fingerprint density at radius 2 is 1.00 bits per heavy atom. The molecule has 3 heterocycles. The van der Waals surface area contributed by atoms with Gasteiger partial charge in [-0.05, 0) is 23.6 Å². The van der Waals surface area contributed by atoms with Crippen LogP contribution in [0, 0.1) is 0 Å². The molecule has 0 fully saturated rings. The number of nitrogens with zero attached hydrogens (tertiary/aromatic N) is 2. The summed E-state index contributed by atoms with van der Waals surface area (Å²) in [6.07, 6.45) is 22.3. The first-order valence-corrected chi connectivity index (χ1v) is 16.5. The number of hydrogen-bond donors (Lipinski definition) is 0. The van der Waals surface area contributed by atoms with Gasteiger partial charge in [0.2, 0.25) is 5.69 Å². The van der Waals surface area contributed by atoms with E-state index in [1.807, 2.05) is 18.2 Å². The van der Waals surface area contributed by atoms with Crippen molar-refractivity contribution in [3.63, 3.8) is 0 Å². The molecule has 0 bridgehead atoms. The molecule has 1 aromatic carbocycles. The summed E-state index contributed by atoms with van der Waals surface area (Å²) in [5.74, 6) is 1.39. The summed E-state index contributed by atoms with van der Waals surface area (Å²) < 4.78 is 33.1. The molecule has 0 spiro atoms. The van der Waals surface area contributed by atoms with Gasteiger partial charge < -0.3 is 23.7 Å². The first-order valence-electron chi connectivity index (χ1n) is 16.5. The van der Waals surface area contributed by atoms with Crippen LogP contribution in [0.15, 0.2) is 67.3 Å². The highest BCUT2D eigenvalue weighted by atomic mass is 16.6. The zero-order valence-electron chi connectivity index (χ0n) is 26.2. The Bertz CT molecular complexity index is 1150. The molecule has 0 atom stereocenters. The van der Waals surface area contributed by atoms with E-state index >= 15 is 0 Å². The summed E-state index contributed by atoms with van der Waals surface area (Å²) in [7, 11) is 0. The summed E-state index contributed by atoms with van der Waals surface area (Å²) in [4.78, 5) is 0. The zero-order chi connectivity index (χ0) is 29.8. The van der Waals surface area contributed by atoms with Gasteiger partial charge in [-0.15, -0.1) is 0 Å². The second-order valence-corrected chi connectivity index (χ2v) is 11.2. The van der Waals surface area contributed by atoms with Gasteiger partial charge in [0.15, 0.2) is 36.3 Å². The third-order valence-electron chi connectivity index (χ3n) is 7.76. The van der Waals surface area contributed by atoms with Crippen molar-refractivity contribution in [3.05, 3.63) is 67.3 Å². The first-order chi connectivity index (χ1) is 21.3. The lowest BCUT2D eigenvalue weighted by Gasteiger charge is -2.13. The summed E-state index contributed by atoms with van der Waals surface area (Å²) in [5.41, 5.74) is 3.41. The van der Waals surface area contributed by atoms with Crippen LogP contribution >= 0.6 is 0 Å². The average molecular weight is 593 g/mol. The van der Waals surface area contributed by atoms with Crippen molar-refractivity contribution in [3.8, 4) is 28.3 Å². The fraction of sp³-hybridized carbons (Fsp3) is 0.556. The highest BCUT2D eigenvalue weighted by Crippen LogP contribution is 2.29. The van der Waals surface area contributed by atoms with Crippen molar-refractivity contribution in [2.45, 2.75) is 77.7 Å². The van der Waals surface area contributed by atoms with Gasteiger partial charge in [0.05, 0.1) is 45.7 Å². The quantitative estimate of drug-likeness (QED) is 0.164. The molecule has 0 aliphatic carbocycles. The molecule has 0 unspecified atom stereocenters. The molecule has 1 aliphatic rings. The SMILES string of the molecule is CCCCCCCCCCCC[n+]1ccc(-c2cc[n+](-c3ccc4c(c3)OCCOCCOCCOCCO4)cc2)cc1. The van der Waals surface area contributed by atoms with Crippen LogP contribution in [0.5, 0.6) is 11.5 Å². The number of ether oxygens (including phenoxy) is 5. The lowest BCUT2D eigenvalue weighted by molar-refractivity contribution is -0.697. The molecule has 0 radical (unpaired) electrons. The van der Waals surface area contributed by atoms with Crippen molar-refractivity contribution in [2.75, 3.05) is 52.9 Å². The molecular formula is C36H52N2O5+2. The van der Waals surface area contributed by atoms with Gasteiger partial charge in [-0.3, -0.25) is 0 Å². The summed E-state index contributed by atoms with van der Waals surface area (Å²) in [6, 6.07) is 14.7. The molecule has 7 heteroatoms. The van der Waals surface area contributed by atoms with Crippen molar-refractivity contribution >= 4 is 0 Å². The fourth-order valence-electron chi connectivity index (χ4n) is 5.22. The van der Waals surface area contributed by atoms with Crippen LogP contribution in [-0.2, 0) is 20.8 Å². The van der Waals surface area contributed by atoms with Crippen LogP contribution in [0.4, 0.5) is 0 Å². The van der Waals surface area contributed by atoms with Crippen molar-refractivity contribution in [1.29, 1.82) is 0 Å². The van der Waals surface area contributed by atoms with E-state index in [0.29, 0.717) is 64.4 Å². The molecule has 0 N–H and O–H groups in total. The van der Waals surface area contributed by atoms with Gasteiger partial charge in [0.1, 0.15) is 19.8 Å². The molecular weight excluding hydrogens is 540 g/mol. The van der Waals surface area contributed by atoms with Crippen LogP contribution in [0.3, 0.4) is 0 Å². The van der Waals surface area contributed by atoms with Crippen LogP contribution < -0.4 is 18.6 Å². The Kier molecular flexibility index (Phi) is 15.3. The first kappa shape index (κ1) is 32.9. The minimum absolute atomic E-state index is 0.438. The number of benzene rings is 1. The molecule has 1 aliphatic heterocycles. The van der Waals surface area contributed by atoms with Crippen molar-refractivity contribution < 1.29 is 32.8 Å². The largest absolute Gasteiger partial charge is 0.487 e. The second kappa shape index (κ2) is 20.0. The van der Waals surface area contributed by atoms with Crippen LogP contribution in [0.1, 0.15) is 71.1 Å². The highest BCUT2D eigenvalue weighted by molar-refractivity contribution is 5.61. The number of hydrogen-bond acceptors (Lipinski definition) is 5. The molecule has 3 aromatic rings. The van der Waals surface area contributed by atoms with Gasteiger partial charge in [-0.2, -0.15) is 4.57 Å². The zero-order valence-corrected chi connectivity index (χ0v) is 26.2. The number of fused-ring (bicyclic) bond motifs is 1. The number of unbranched alkanes of at least 4 members (excludes halogenated alkanes) is 9. The Morgan fingerprint density at radius 3 is 1.58 bits per heavy atom. The van der Waals surface area contributed by atoms with E-state index in [1.165, 1.54) is 75.3 Å². The molecule has 0 saturated carbocycles. The van der Waals surface area contributed by atoms with Crippen LogP contribution in [0.25, 0.3) is 16.8 Å². The minimum atomic E-state index is 0.438. The Balaban J connectivity index is 1.26. The summed E-state index contributed by atoms with van der Waals surface area (Å²) in [5, 5.41) is 0. The lowest BCUT2D eigenvalue weighted by atomic mass is 10.1. The van der Waals surface area contributed by atoms with Gasteiger partial charge in [-0.25, -0.2) is 4.57 Å². The second-order valence-electron chi connectivity index (χ2n) is 11.2. The minimum Gasteiger partial charge on any atom is -0.487 e. The van der Waals surface area contributed by atoms with Gasteiger partial charge in [-0.1, -0.05) is 58.3 Å². The van der Waals surface area contributed by atoms with E-state index in [0.717, 1.165) is 12.2 Å². The van der Waals surface area contributed by atoms with E-state index in [2.05, 4.69) is 65.1 Å². The Labute approximate surface area is 258 Å². The number of rotatable bonds is 13. The molecule has 43 heavy (non-hydrogen) atoms. The highest BCUT2D eigenvalue weighted by Gasteiger charge is 2.14. The smallest absolute Gasteiger partial charge is 0.214 e. The number of aryl methyl sites for hydroxylation is 1. The maximum Gasteiger partial charge on any atom is 0.214 e. The molecule has 7 nitrogen and oxygen atoms in total. The van der Waals surface area contributed by atoms with E-state index in [-0.39, 0.29) is 0 Å². The third kappa shape index (κ3) is 12.3. The van der Waals surface area contributed by atoms with E-state index < -0.39 is 0 Å². The van der Waals surface area contributed by atoms with Gasteiger partial charge in [0, 0.05) is 36.8 Å². The molecule has 0 amide bonds. The predicted molar refractivity (Wildman–Crippen MR) is 169 cm³/mol. The fourth-order valence-corrected chi connectivity index (χ4v) is 5.22. The topological polar surface area (TPSA) is 53.9 Å². The third-order valence-corrected chi connectivity index (χ3v) is 7.76. The normalized spacial score (nSPS) is 15.0. The summed E-state index contributed by atoms with van der Waals surface area (Å²) in [6.45, 7) is 7.42. The maximum atomic E-state index is 6.05. The molecule has 4 rings (SSSR count). The number of aromatic nitrogens is 2. The Hall–Kier alpha value is -3.00. The lowest BCUT2D eigenvalue weighted by Crippen LogP contribution is -2.32. The standard InChI is InChI=1S/C36H52N2O5/c1-2-3-4-5-6-7-8-9-10-11-18-37-19-14-32(15-20-37)33-16-21-38(22-17-33)34-12-13-35-36(31-34)43-30-28-41-26-24-39-23-25-40-27-29-42-35/h12-17,19-22,31H,2-11,18,23-30H2,1H3/q+2. The number of pyridine rings is 2. The van der Waals surface area contributed by atoms with Gasteiger partial charge in [0.25, 0.3) is 0 Å². The monoisotopic (exact) mass is 592 g/mol. The maximum absolute atomic E-state index is 6.05. The van der Waals surface area contributed by atoms with Crippen LogP contribution in [0.2, 0.25) is 0 Å². The van der Waals surface area contributed by atoms with E-state index in [1.54, 1.807) is 0 Å². The predicted octanol–water partition coefficient (Wildman–Crippen LogP) is 6.66. The average Bonchev–Trinajstić information content (AvgIpc) is 3.05. The van der Waals surface area contributed by atoms with Crippen molar-refractivity contribution in [2.24, 2.45) is 0 Å². The van der Waals surface area contributed by atoms with Gasteiger partial charge >= 0.3 is 0 Å². The van der Waals surface area contributed by atoms with E-state index in [4.69, 9.17) is 23.7 Å². The molecule has 234 valence electrons.